The summed E-state index contributed by atoms with van der Waals surface area (Å²) in [6.45, 7) is 2.45. The minimum atomic E-state index is -0.0586. The number of rotatable bonds is 2. The molecule has 1 aliphatic rings. The van der Waals surface area contributed by atoms with E-state index in [1.807, 2.05) is 12.1 Å². The van der Waals surface area contributed by atoms with Crippen molar-refractivity contribution >= 4 is 17.3 Å². The molecule has 1 heterocycles. The van der Waals surface area contributed by atoms with Crippen LogP contribution < -0.4 is 16.4 Å². The molecule has 0 spiro atoms. The van der Waals surface area contributed by atoms with Gasteiger partial charge in [-0.2, -0.15) is 0 Å². The van der Waals surface area contributed by atoms with Gasteiger partial charge in [-0.3, -0.25) is 4.79 Å². The molecule has 4 heteroatoms. The second-order valence-electron chi connectivity index (χ2n) is 3.49. The third-order valence-corrected chi connectivity index (χ3v) is 2.17. The van der Waals surface area contributed by atoms with Crippen molar-refractivity contribution in [3.63, 3.8) is 0 Å². The lowest BCUT2D eigenvalue weighted by Crippen LogP contribution is -2.08. The van der Waals surface area contributed by atoms with Gasteiger partial charge in [-0.25, -0.2) is 0 Å². The molecule has 0 saturated carbocycles. The van der Waals surface area contributed by atoms with Gasteiger partial charge in [-0.05, 0) is 23.8 Å². The molecule has 4 nitrogen and oxygen atoms in total. The highest BCUT2D eigenvalue weighted by molar-refractivity contribution is 5.90. The predicted octanol–water partition coefficient (Wildman–Crippen LogP) is 0.872. The van der Waals surface area contributed by atoms with Crippen LogP contribution in [0.1, 0.15) is 18.5 Å². The summed E-state index contributed by atoms with van der Waals surface area (Å²) in [5, 5.41) is 5.97. The standard InChI is InChI=1S/C10H13N3O/c1-6(14)13-9-3-2-7(11)4-8(9)10-5-12-10/h2-4,10,12H,5,11H2,1H3,(H,13,14). The van der Waals surface area contributed by atoms with E-state index < -0.39 is 0 Å². The van der Waals surface area contributed by atoms with Gasteiger partial charge < -0.3 is 16.4 Å². The van der Waals surface area contributed by atoms with E-state index in [1.165, 1.54) is 6.92 Å². The molecule has 1 aromatic carbocycles. The molecule has 1 saturated heterocycles. The molecule has 1 aromatic rings. The van der Waals surface area contributed by atoms with Crippen molar-refractivity contribution in [2.45, 2.75) is 13.0 Å². The largest absolute Gasteiger partial charge is 0.399 e. The van der Waals surface area contributed by atoms with Gasteiger partial charge in [0, 0.05) is 30.9 Å². The van der Waals surface area contributed by atoms with Crippen LogP contribution in [0.25, 0.3) is 0 Å². The van der Waals surface area contributed by atoms with E-state index in [9.17, 15) is 4.79 Å². The Morgan fingerprint density at radius 1 is 1.64 bits per heavy atom. The summed E-state index contributed by atoms with van der Waals surface area (Å²) in [6.07, 6.45) is 0. The van der Waals surface area contributed by atoms with Crippen LogP contribution in [0.2, 0.25) is 0 Å². The van der Waals surface area contributed by atoms with Crippen molar-refractivity contribution in [1.29, 1.82) is 0 Å². The smallest absolute Gasteiger partial charge is 0.221 e. The average molecular weight is 191 g/mol. The molecule has 4 N–H and O–H groups in total. The zero-order valence-corrected chi connectivity index (χ0v) is 8.00. The first-order valence-electron chi connectivity index (χ1n) is 4.57. The highest BCUT2D eigenvalue weighted by Crippen LogP contribution is 2.30. The molecule has 0 aliphatic carbocycles. The summed E-state index contributed by atoms with van der Waals surface area (Å²) in [7, 11) is 0. The molecule has 1 atom stereocenters. The molecule has 1 aliphatic heterocycles. The molecular formula is C10H13N3O. The lowest BCUT2D eigenvalue weighted by Gasteiger charge is -2.09. The third-order valence-electron chi connectivity index (χ3n) is 2.17. The molecule has 1 fully saturated rings. The molecule has 1 unspecified atom stereocenters. The van der Waals surface area contributed by atoms with Crippen molar-refractivity contribution < 1.29 is 4.79 Å². The second-order valence-corrected chi connectivity index (χ2v) is 3.49. The number of amides is 1. The van der Waals surface area contributed by atoms with Gasteiger partial charge >= 0.3 is 0 Å². The fourth-order valence-electron chi connectivity index (χ4n) is 1.45. The van der Waals surface area contributed by atoms with Gasteiger partial charge in [-0.1, -0.05) is 0 Å². The van der Waals surface area contributed by atoms with Gasteiger partial charge in [0.2, 0.25) is 5.91 Å². The van der Waals surface area contributed by atoms with E-state index in [2.05, 4.69) is 10.6 Å². The molecule has 0 aromatic heterocycles. The highest BCUT2D eigenvalue weighted by atomic mass is 16.1. The maximum Gasteiger partial charge on any atom is 0.221 e. The minimum absolute atomic E-state index is 0.0586. The Hall–Kier alpha value is -1.55. The number of benzene rings is 1. The first-order chi connectivity index (χ1) is 6.66. The molecule has 0 bridgehead atoms. The van der Waals surface area contributed by atoms with E-state index in [0.717, 1.165) is 23.5 Å². The Morgan fingerprint density at radius 2 is 2.36 bits per heavy atom. The molecule has 74 valence electrons. The topological polar surface area (TPSA) is 77.1 Å². The van der Waals surface area contributed by atoms with Crippen molar-refractivity contribution in [2.75, 3.05) is 17.6 Å². The molecule has 2 rings (SSSR count). The van der Waals surface area contributed by atoms with Gasteiger partial charge in [0.25, 0.3) is 0 Å². The fraction of sp³-hybridized carbons (Fsp3) is 0.300. The van der Waals surface area contributed by atoms with Crippen LogP contribution in [0.5, 0.6) is 0 Å². The predicted molar refractivity (Wildman–Crippen MR) is 55.9 cm³/mol. The minimum Gasteiger partial charge on any atom is -0.399 e. The van der Waals surface area contributed by atoms with E-state index in [1.54, 1.807) is 6.07 Å². The Kier molecular flexibility index (Phi) is 2.13. The van der Waals surface area contributed by atoms with Crippen LogP contribution >= 0.6 is 0 Å². The summed E-state index contributed by atoms with van der Waals surface area (Å²) >= 11 is 0. The summed E-state index contributed by atoms with van der Waals surface area (Å²) in [5.41, 5.74) is 8.33. The quantitative estimate of drug-likeness (QED) is 0.479. The zero-order valence-electron chi connectivity index (χ0n) is 8.00. The van der Waals surface area contributed by atoms with Gasteiger partial charge in [0.05, 0.1) is 0 Å². The second kappa shape index (κ2) is 3.31. The van der Waals surface area contributed by atoms with E-state index in [-0.39, 0.29) is 5.91 Å². The molecule has 14 heavy (non-hydrogen) atoms. The Balaban J connectivity index is 2.32. The van der Waals surface area contributed by atoms with Crippen molar-refractivity contribution in [3.05, 3.63) is 23.8 Å². The highest BCUT2D eigenvalue weighted by Gasteiger charge is 2.25. The fourth-order valence-corrected chi connectivity index (χ4v) is 1.45. The van der Waals surface area contributed by atoms with E-state index in [4.69, 9.17) is 5.73 Å². The third kappa shape index (κ3) is 1.85. The van der Waals surface area contributed by atoms with Crippen molar-refractivity contribution in [3.8, 4) is 0 Å². The average Bonchev–Trinajstić information content (AvgIpc) is 2.90. The molecule has 1 amide bonds. The van der Waals surface area contributed by atoms with Gasteiger partial charge in [0.1, 0.15) is 0 Å². The zero-order chi connectivity index (χ0) is 10.1. The Labute approximate surface area is 82.5 Å². The monoisotopic (exact) mass is 191 g/mol. The van der Waals surface area contributed by atoms with Crippen LogP contribution in [0.15, 0.2) is 18.2 Å². The molecule has 0 radical (unpaired) electrons. The van der Waals surface area contributed by atoms with Crippen molar-refractivity contribution in [1.82, 2.24) is 5.32 Å². The number of nitrogen functional groups attached to an aromatic ring is 1. The summed E-state index contributed by atoms with van der Waals surface area (Å²) in [5.74, 6) is -0.0586. The Bertz CT molecular complexity index is 372. The van der Waals surface area contributed by atoms with E-state index >= 15 is 0 Å². The number of carbonyl (C=O) groups excluding carboxylic acids is 1. The lowest BCUT2D eigenvalue weighted by atomic mass is 10.1. The number of anilines is 2. The molecular weight excluding hydrogens is 178 g/mol. The van der Waals surface area contributed by atoms with Crippen LogP contribution in [-0.4, -0.2) is 12.5 Å². The summed E-state index contributed by atoms with van der Waals surface area (Å²) in [6, 6.07) is 5.87. The van der Waals surface area contributed by atoms with E-state index in [0.29, 0.717) is 6.04 Å². The van der Waals surface area contributed by atoms with Crippen LogP contribution in [0.4, 0.5) is 11.4 Å². The normalized spacial score (nSPS) is 19.1. The van der Waals surface area contributed by atoms with Gasteiger partial charge in [-0.15, -0.1) is 0 Å². The van der Waals surface area contributed by atoms with Crippen LogP contribution in [0, 0.1) is 0 Å². The number of hydrogen-bond donors (Lipinski definition) is 3. The maximum atomic E-state index is 10.9. The number of nitrogens with one attached hydrogen (secondary N) is 2. The number of carbonyl (C=O) groups is 1. The first-order valence-corrected chi connectivity index (χ1v) is 4.57. The van der Waals surface area contributed by atoms with Gasteiger partial charge in [0.15, 0.2) is 0 Å². The number of hydrogen-bond acceptors (Lipinski definition) is 3. The summed E-state index contributed by atoms with van der Waals surface area (Å²) < 4.78 is 0. The number of nitrogens with two attached hydrogens (primary N) is 1. The first kappa shape index (κ1) is 9.02. The SMILES string of the molecule is CC(=O)Nc1ccc(N)cc1C1CN1. The summed E-state index contributed by atoms with van der Waals surface area (Å²) in [4.78, 5) is 10.9. The van der Waals surface area contributed by atoms with Crippen LogP contribution in [0.3, 0.4) is 0 Å². The maximum absolute atomic E-state index is 10.9. The lowest BCUT2D eigenvalue weighted by molar-refractivity contribution is -0.114. The Morgan fingerprint density at radius 3 is 2.93 bits per heavy atom. The van der Waals surface area contributed by atoms with Crippen LogP contribution in [-0.2, 0) is 4.79 Å². The van der Waals surface area contributed by atoms with Crippen molar-refractivity contribution in [2.24, 2.45) is 0 Å².